The number of quaternary nitrogens is 1. The fourth-order valence-electron chi connectivity index (χ4n) is 6.71. The lowest BCUT2D eigenvalue weighted by Crippen LogP contribution is -2.77. The van der Waals surface area contributed by atoms with Crippen molar-refractivity contribution in [3.05, 3.63) is 164 Å². The van der Waals surface area contributed by atoms with Crippen molar-refractivity contribution in [3.63, 3.8) is 0 Å². The smallest absolute Gasteiger partial charge is 0.174 e. The minimum atomic E-state index is 0.416. The minimum Gasteiger partial charge on any atom is -0.299 e. The Labute approximate surface area is 267 Å². The average molecular weight is 592 g/mol. The largest absolute Gasteiger partial charge is 0.299 e. The number of rotatable bonds is 6. The molecule has 1 aliphatic carbocycles. The zero-order valence-electron chi connectivity index (χ0n) is 25.2. The van der Waals surface area contributed by atoms with Gasteiger partial charge in [-0.3, -0.25) is 15.7 Å². The Balaban J connectivity index is 1.17. The van der Waals surface area contributed by atoms with Crippen LogP contribution in [0.5, 0.6) is 0 Å². The van der Waals surface area contributed by atoms with Crippen LogP contribution in [0.1, 0.15) is 5.56 Å². The van der Waals surface area contributed by atoms with Gasteiger partial charge in [0.15, 0.2) is 6.67 Å². The number of nitrogens with zero attached hydrogens (tertiary/aromatic N) is 2. The third kappa shape index (κ3) is 4.91. The van der Waals surface area contributed by atoms with Crippen LogP contribution in [0.3, 0.4) is 0 Å². The number of para-hydroxylation sites is 1. The maximum Gasteiger partial charge on any atom is 0.174 e. The second-order valence-electron chi connectivity index (χ2n) is 11.5. The molecule has 0 radical (unpaired) electrons. The predicted octanol–water partition coefficient (Wildman–Crippen LogP) is 9.14. The Morgan fingerprint density at radius 3 is 1.87 bits per heavy atom. The van der Waals surface area contributed by atoms with Crippen LogP contribution in [0.25, 0.3) is 60.1 Å². The summed E-state index contributed by atoms with van der Waals surface area (Å²) < 4.78 is 0. The van der Waals surface area contributed by atoms with E-state index in [0.717, 1.165) is 28.0 Å². The first-order valence-corrected chi connectivity index (χ1v) is 15.5. The van der Waals surface area contributed by atoms with Crippen LogP contribution in [0, 0.1) is 5.41 Å². The molecule has 0 spiro atoms. The molecule has 6 aromatic carbocycles. The third-order valence-corrected chi connectivity index (χ3v) is 8.80. The Morgan fingerprint density at radius 1 is 0.565 bits per heavy atom. The lowest BCUT2D eigenvalue weighted by atomic mass is 9.83. The highest BCUT2D eigenvalue weighted by atomic mass is 15.0. The summed E-state index contributed by atoms with van der Waals surface area (Å²) in [6.07, 6.45) is 9.70. The van der Waals surface area contributed by atoms with Crippen molar-refractivity contribution in [1.82, 2.24) is 4.98 Å². The number of hydrogen-bond acceptors (Lipinski definition) is 3. The maximum absolute atomic E-state index is 8.99. The number of hydrogen-bond donors (Lipinski definition) is 2. The van der Waals surface area contributed by atoms with Gasteiger partial charge in [0.05, 0.1) is 11.4 Å². The van der Waals surface area contributed by atoms with Gasteiger partial charge < -0.3 is 0 Å². The summed E-state index contributed by atoms with van der Waals surface area (Å²) in [6.45, 7) is 0.485. The van der Waals surface area contributed by atoms with Crippen molar-refractivity contribution < 1.29 is 5.32 Å². The van der Waals surface area contributed by atoms with Crippen LogP contribution >= 0.6 is 0 Å². The molecule has 8 rings (SSSR count). The monoisotopic (exact) mass is 591 g/mol. The van der Waals surface area contributed by atoms with Crippen LogP contribution in [0.4, 0.5) is 5.69 Å². The highest BCUT2D eigenvalue weighted by Crippen LogP contribution is 2.44. The van der Waals surface area contributed by atoms with E-state index in [1.807, 2.05) is 48.8 Å². The van der Waals surface area contributed by atoms with Crippen molar-refractivity contribution in [1.29, 1.82) is 5.41 Å². The Hall–Kier alpha value is -5.97. The quantitative estimate of drug-likeness (QED) is 0.113. The molecule has 0 aliphatic heterocycles. The number of pyridine rings is 1. The summed E-state index contributed by atoms with van der Waals surface area (Å²) in [5, 5.41) is 18.3. The molecule has 218 valence electrons. The maximum atomic E-state index is 8.99. The van der Waals surface area contributed by atoms with Crippen molar-refractivity contribution >= 4 is 55.0 Å². The molecule has 4 nitrogen and oxygen atoms in total. The molecule has 7 aromatic rings. The summed E-state index contributed by atoms with van der Waals surface area (Å²) in [7, 11) is 0. The van der Waals surface area contributed by atoms with Gasteiger partial charge in [-0.15, -0.1) is 0 Å². The van der Waals surface area contributed by atoms with E-state index in [2.05, 4.69) is 120 Å². The molecule has 46 heavy (non-hydrogen) atoms. The van der Waals surface area contributed by atoms with E-state index in [0.29, 0.717) is 18.1 Å². The van der Waals surface area contributed by atoms with E-state index in [-0.39, 0.29) is 0 Å². The van der Waals surface area contributed by atoms with Gasteiger partial charge in [0.25, 0.3) is 0 Å². The zero-order chi connectivity index (χ0) is 30.9. The van der Waals surface area contributed by atoms with Gasteiger partial charge in [0, 0.05) is 18.0 Å². The van der Waals surface area contributed by atoms with Gasteiger partial charge in [-0.2, -0.15) is 0 Å². The zero-order valence-corrected chi connectivity index (χ0v) is 25.2. The fraction of sp³-hybridized carbons (Fsp3) is 0.0238. The van der Waals surface area contributed by atoms with Gasteiger partial charge in [0.2, 0.25) is 0 Å². The van der Waals surface area contributed by atoms with Crippen LogP contribution in [0.15, 0.2) is 163 Å². The number of fused-ring (bicyclic) bond motifs is 3. The topological polar surface area (TPSA) is 65.7 Å². The minimum absolute atomic E-state index is 0.416. The first-order chi connectivity index (χ1) is 22.8. The van der Waals surface area contributed by atoms with E-state index in [4.69, 9.17) is 10.4 Å². The highest BCUT2D eigenvalue weighted by Gasteiger charge is 2.20. The van der Waals surface area contributed by atoms with Crippen LogP contribution in [-0.2, 0) is 0 Å². The van der Waals surface area contributed by atoms with Gasteiger partial charge in [-0.25, -0.2) is 4.99 Å². The van der Waals surface area contributed by atoms with E-state index in [1.54, 1.807) is 0 Å². The van der Waals surface area contributed by atoms with Crippen molar-refractivity contribution in [2.75, 3.05) is 6.67 Å². The summed E-state index contributed by atoms with van der Waals surface area (Å²) in [6, 6.07) is 44.9. The Morgan fingerprint density at radius 2 is 1.15 bits per heavy atom. The molecule has 0 saturated heterocycles. The van der Waals surface area contributed by atoms with Crippen molar-refractivity contribution in [2.45, 2.75) is 0 Å². The van der Waals surface area contributed by atoms with Crippen LogP contribution in [-0.4, -0.2) is 23.1 Å². The number of aliphatic imine (C=N–C) groups is 1. The third-order valence-electron chi connectivity index (χ3n) is 8.80. The molecule has 0 atom stereocenters. The number of allylic oxidation sites excluding steroid dienone is 4. The number of nitrogens with one attached hydrogen (secondary N) is 1. The summed E-state index contributed by atoms with van der Waals surface area (Å²) >= 11 is 0. The molecular weight excluding hydrogens is 560 g/mol. The van der Waals surface area contributed by atoms with Crippen molar-refractivity contribution in [2.24, 2.45) is 4.99 Å². The second-order valence-corrected chi connectivity index (χ2v) is 11.5. The second kappa shape index (κ2) is 11.8. The van der Waals surface area contributed by atoms with E-state index in [1.165, 1.54) is 43.4 Å². The molecule has 1 heterocycles. The molecule has 0 unspecified atom stereocenters. The lowest BCUT2D eigenvalue weighted by Gasteiger charge is -2.20. The first-order valence-electron chi connectivity index (χ1n) is 15.5. The van der Waals surface area contributed by atoms with Gasteiger partial charge in [-0.05, 0) is 96.6 Å². The SMILES string of the molecule is N=C1C=C(c2c3ccccc3c(-c3cccc4ccccc34)c3ccccc23)C=C/C1=N/C[NH2+]c1ccccc1-c1ccncc1. The Kier molecular flexibility index (Phi) is 7.10. The molecule has 1 aromatic heterocycles. The molecular formula is C42H31N4+. The number of nitrogens with two attached hydrogens (primary N) is 1. The molecule has 4 heteroatoms. The van der Waals surface area contributed by atoms with E-state index >= 15 is 0 Å². The van der Waals surface area contributed by atoms with E-state index in [9.17, 15) is 0 Å². The summed E-state index contributed by atoms with van der Waals surface area (Å²) in [4.78, 5) is 8.98. The Bertz CT molecular complexity index is 2320. The molecule has 0 saturated carbocycles. The summed E-state index contributed by atoms with van der Waals surface area (Å²) in [5.74, 6) is 0. The van der Waals surface area contributed by atoms with Crippen LogP contribution in [0.2, 0.25) is 0 Å². The molecule has 1 aliphatic rings. The van der Waals surface area contributed by atoms with Crippen molar-refractivity contribution in [3.8, 4) is 22.3 Å². The average Bonchev–Trinajstić information content (AvgIpc) is 3.11. The lowest BCUT2D eigenvalue weighted by molar-refractivity contribution is -0.569. The van der Waals surface area contributed by atoms with Gasteiger partial charge in [0.1, 0.15) is 5.69 Å². The fourth-order valence-corrected chi connectivity index (χ4v) is 6.71. The van der Waals surface area contributed by atoms with E-state index < -0.39 is 0 Å². The molecule has 3 N–H and O–H groups in total. The number of benzene rings is 6. The van der Waals surface area contributed by atoms with Crippen LogP contribution < -0.4 is 5.32 Å². The highest BCUT2D eigenvalue weighted by molar-refractivity contribution is 6.52. The predicted molar refractivity (Wildman–Crippen MR) is 193 cm³/mol. The standard InChI is InChI=1S/C42H30N4/c43-38-26-30(20-21-40(38)46-27-45-39-19-8-7-13-32(39)29-22-24-44-25-23-29)41-34-14-3-5-16-36(34)42(37-17-6-4-15-35(37)41)33-18-9-11-28-10-1-2-12-31(28)33/h1-26,43,45H,27H2/p+1/b43-38?,46-40-. The normalized spacial score (nSPS) is 14.0. The summed E-state index contributed by atoms with van der Waals surface area (Å²) in [5.41, 5.74) is 9.12. The molecule has 0 amide bonds. The molecule has 0 bridgehead atoms. The van der Waals surface area contributed by atoms with Gasteiger partial charge in [-0.1, -0.05) is 109 Å². The first kappa shape index (κ1) is 27.6. The molecule has 0 fully saturated rings. The van der Waals surface area contributed by atoms with Gasteiger partial charge >= 0.3 is 0 Å². The number of aromatic nitrogens is 1.